The first-order chi connectivity index (χ1) is 12.5. The van der Waals surface area contributed by atoms with Crippen molar-refractivity contribution in [3.8, 4) is 0 Å². The van der Waals surface area contributed by atoms with Crippen LogP contribution in [0, 0.1) is 0 Å². The molecule has 0 amide bonds. The van der Waals surface area contributed by atoms with Gasteiger partial charge in [-0.1, -0.05) is 12.1 Å². The number of methoxy groups -OCH3 is 1. The van der Waals surface area contributed by atoms with Crippen molar-refractivity contribution in [2.45, 2.75) is 29.6 Å². The minimum atomic E-state index is -3.53. The van der Waals surface area contributed by atoms with Gasteiger partial charge in [0, 0.05) is 32.7 Å². The summed E-state index contributed by atoms with van der Waals surface area (Å²) < 4.78 is 32.4. The van der Waals surface area contributed by atoms with Crippen LogP contribution < -0.4 is 10.0 Å². The van der Waals surface area contributed by atoms with Crippen LogP contribution in [0.3, 0.4) is 0 Å². The number of carbonyl (C=O) groups excluding carboxylic acids is 1. The summed E-state index contributed by atoms with van der Waals surface area (Å²) in [7, 11) is -2.15. The fourth-order valence-electron chi connectivity index (χ4n) is 3.41. The highest BCUT2D eigenvalue weighted by molar-refractivity contribution is 7.89. The standard InChI is InChI=1S/C18H27N3O4S/c1-25-17(22)18(7-8-18)15-3-5-16(6-4-15)26(23,24)20-9-2-12-21-13-10-19-11-14-21/h3-6,19-20H,2,7-14H2,1H3. The van der Waals surface area contributed by atoms with Crippen LogP contribution in [-0.2, 0) is 25.0 Å². The van der Waals surface area contributed by atoms with E-state index in [0.717, 1.165) is 57.5 Å². The molecule has 0 bridgehead atoms. The lowest BCUT2D eigenvalue weighted by Crippen LogP contribution is -2.44. The van der Waals surface area contributed by atoms with Crippen LogP contribution in [0.4, 0.5) is 0 Å². The number of nitrogens with one attached hydrogen (secondary N) is 2. The molecular formula is C18H27N3O4S. The minimum absolute atomic E-state index is 0.226. The third-order valence-electron chi connectivity index (χ3n) is 5.20. The molecule has 1 aliphatic heterocycles. The van der Waals surface area contributed by atoms with E-state index in [9.17, 15) is 13.2 Å². The summed E-state index contributed by atoms with van der Waals surface area (Å²) >= 11 is 0. The molecule has 3 rings (SSSR count). The number of benzene rings is 1. The van der Waals surface area contributed by atoms with E-state index in [2.05, 4.69) is 14.9 Å². The Morgan fingerprint density at radius 2 is 1.88 bits per heavy atom. The summed E-state index contributed by atoms with van der Waals surface area (Å²) in [6.07, 6.45) is 2.27. The number of ether oxygens (including phenoxy) is 1. The Kier molecular flexibility index (Phi) is 5.96. The van der Waals surface area contributed by atoms with Gasteiger partial charge >= 0.3 is 5.97 Å². The molecule has 2 fully saturated rings. The lowest BCUT2D eigenvalue weighted by molar-refractivity contribution is -0.143. The third kappa shape index (κ3) is 4.25. The Labute approximate surface area is 155 Å². The summed E-state index contributed by atoms with van der Waals surface area (Å²) in [5.74, 6) is -0.251. The second-order valence-corrected chi connectivity index (χ2v) is 8.71. The van der Waals surface area contributed by atoms with E-state index in [4.69, 9.17) is 4.74 Å². The molecule has 1 aromatic carbocycles. The number of piperazine rings is 1. The number of esters is 1. The smallest absolute Gasteiger partial charge is 0.316 e. The zero-order valence-electron chi connectivity index (χ0n) is 15.2. The average Bonchev–Trinajstić information content (AvgIpc) is 3.48. The highest BCUT2D eigenvalue weighted by atomic mass is 32.2. The van der Waals surface area contributed by atoms with Crippen LogP contribution in [-0.4, -0.2) is 65.7 Å². The maximum atomic E-state index is 12.4. The predicted molar refractivity (Wildman–Crippen MR) is 98.5 cm³/mol. The van der Waals surface area contributed by atoms with Gasteiger partial charge in [-0.25, -0.2) is 13.1 Å². The topological polar surface area (TPSA) is 87.7 Å². The Morgan fingerprint density at radius 1 is 1.23 bits per heavy atom. The molecule has 1 aromatic rings. The molecule has 2 N–H and O–H groups in total. The van der Waals surface area contributed by atoms with Crippen molar-refractivity contribution < 1.29 is 17.9 Å². The fourth-order valence-corrected chi connectivity index (χ4v) is 4.49. The first-order valence-electron chi connectivity index (χ1n) is 9.10. The van der Waals surface area contributed by atoms with Gasteiger partial charge in [0.05, 0.1) is 17.4 Å². The molecule has 0 unspecified atom stereocenters. The largest absolute Gasteiger partial charge is 0.468 e. The van der Waals surface area contributed by atoms with Gasteiger partial charge in [-0.2, -0.15) is 0 Å². The van der Waals surface area contributed by atoms with Crippen molar-refractivity contribution in [3.63, 3.8) is 0 Å². The van der Waals surface area contributed by atoms with E-state index in [1.54, 1.807) is 24.3 Å². The van der Waals surface area contributed by atoms with Crippen molar-refractivity contribution >= 4 is 16.0 Å². The van der Waals surface area contributed by atoms with Crippen molar-refractivity contribution in [2.75, 3.05) is 46.4 Å². The maximum Gasteiger partial charge on any atom is 0.316 e. The van der Waals surface area contributed by atoms with Crippen molar-refractivity contribution in [1.82, 2.24) is 14.9 Å². The predicted octanol–water partition coefficient (Wildman–Crippen LogP) is 0.465. The average molecular weight is 381 g/mol. The van der Waals surface area contributed by atoms with Gasteiger partial charge < -0.3 is 15.0 Å². The maximum absolute atomic E-state index is 12.4. The fraction of sp³-hybridized carbons (Fsp3) is 0.611. The first kappa shape index (κ1) is 19.3. The minimum Gasteiger partial charge on any atom is -0.468 e. The van der Waals surface area contributed by atoms with Gasteiger partial charge in [0.2, 0.25) is 10.0 Å². The SMILES string of the molecule is COC(=O)C1(c2ccc(S(=O)(=O)NCCCN3CCNCC3)cc2)CC1. The molecule has 2 aliphatic rings. The number of hydrogen-bond donors (Lipinski definition) is 2. The van der Waals surface area contributed by atoms with E-state index < -0.39 is 15.4 Å². The molecular weight excluding hydrogens is 354 g/mol. The molecule has 1 saturated heterocycles. The van der Waals surface area contributed by atoms with Gasteiger partial charge in [-0.15, -0.1) is 0 Å². The van der Waals surface area contributed by atoms with Gasteiger partial charge in [0.15, 0.2) is 0 Å². The van der Waals surface area contributed by atoms with Gasteiger partial charge in [0.25, 0.3) is 0 Å². The highest BCUT2D eigenvalue weighted by Crippen LogP contribution is 2.49. The molecule has 1 heterocycles. The zero-order valence-corrected chi connectivity index (χ0v) is 16.0. The molecule has 7 nitrogen and oxygen atoms in total. The van der Waals surface area contributed by atoms with Crippen molar-refractivity contribution in [3.05, 3.63) is 29.8 Å². The van der Waals surface area contributed by atoms with Crippen LogP contribution in [0.1, 0.15) is 24.8 Å². The summed E-state index contributed by atoms with van der Waals surface area (Å²) in [4.78, 5) is 14.5. The summed E-state index contributed by atoms with van der Waals surface area (Å²) in [6, 6.07) is 6.58. The molecule has 1 aliphatic carbocycles. The molecule has 26 heavy (non-hydrogen) atoms. The number of nitrogens with zero attached hydrogens (tertiary/aromatic N) is 1. The summed E-state index contributed by atoms with van der Waals surface area (Å²) in [5.41, 5.74) is 0.246. The Bertz CT molecular complexity index is 723. The lowest BCUT2D eigenvalue weighted by Gasteiger charge is -2.27. The Morgan fingerprint density at radius 3 is 2.46 bits per heavy atom. The van der Waals surface area contributed by atoms with Crippen LogP contribution >= 0.6 is 0 Å². The normalized spacial score (nSPS) is 19.9. The molecule has 0 spiro atoms. The van der Waals surface area contributed by atoms with Crippen LogP contribution in [0.2, 0.25) is 0 Å². The molecule has 0 radical (unpaired) electrons. The first-order valence-corrected chi connectivity index (χ1v) is 10.6. The quantitative estimate of drug-likeness (QED) is 0.503. The van der Waals surface area contributed by atoms with Gasteiger partial charge in [-0.05, 0) is 43.5 Å². The van der Waals surface area contributed by atoms with Gasteiger partial charge in [-0.3, -0.25) is 4.79 Å². The summed E-state index contributed by atoms with van der Waals surface area (Å²) in [5, 5.41) is 3.30. The zero-order chi connectivity index (χ0) is 18.6. The van der Waals surface area contributed by atoms with Crippen molar-refractivity contribution in [2.24, 2.45) is 0 Å². The number of rotatable bonds is 8. The monoisotopic (exact) mass is 381 g/mol. The molecule has 1 saturated carbocycles. The number of sulfonamides is 1. The van der Waals surface area contributed by atoms with E-state index in [0.29, 0.717) is 6.54 Å². The van der Waals surface area contributed by atoms with E-state index in [1.165, 1.54) is 7.11 Å². The third-order valence-corrected chi connectivity index (χ3v) is 6.67. The molecule has 144 valence electrons. The van der Waals surface area contributed by atoms with Gasteiger partial charge in [0.1, 0.15) is 0 Å². The second-order valence-electron chi connectivity index (χ2n) is 6.94. The Balaban J connectivity index is 1.53. The van der Waals surface area contributed by atoms with Crippen LogP contribution in [0.5, 0.6) is 0 Å². The van der Waals surface area contributed by atoms with E-state index in [1.807, 2.05) is 0 Å². The van der Waals surface area contributed by atoms with Crippen LogP contribution in [0.25, 0.3) is 0 Å². The van der Waals surface area contributed by atoms with E-state index >= 15 is 0 Å². The summed E-state index contributed by atoms with van der Waals surface area (Å²) in [6.45, 7) is 5.31. The van der Waals surface area contributed by atoms with E-state index in [-0.39, 0.29) is 10.9 Å². The molecule has 0 aromatic heterocycles. The number of carbonyl (C=O) groups is 1. The molecule has 0 atom stereocenters. The van der Waals surface area contributed by atoms with Crippen LogP contribution in [0.15, 0.2) is 29.2 Å². The Hall–Kier alpha value is -1.48. The second kappa shape index (κ2) is 8.04. The lowest BCUT2D eigenvalue weighted by atomic mass is 9.96. The highest BCUT2D eigenvalue weighted by Gasteiger charge is 2.52. The van der Waals surface area contributed by atoms with Crippen molar-refractivity contribution in [1.29, 1.82) is 0 Å². The number of hydrogen-bond acceptors (Lipinski definition) is 6. The molecule has 8 heteroatoms.